The van der Waals surface area contributed by atoms with E-state index in [2.05, 4.69) is 52.5 Å². The largest absolute Gasteiger partial charge is 0.485 e. The van der Waals surface area contributed by atoms with Gasteiger partial charge in [-0.1, -0.05) is 70.4 Å². The lowest BCUT2D eigenvalue weighted by molar-refractivity contribution is -0.145. The smallest absolute Gasteiger partial charge is 0.334 e. The zero-order valence-corrected chi connectivity index (χ0v) is 33.1. The number of nitrogen functional groups attached to an aromatic ring is 1. The summed E-state index contributed by atoms with van der Waals surface area (Å²) in [5.41, 5.74) is 17.9. The molecule has 4 aliphatic heterocycles. The molecule has 8 rings (SSSR count). The van der Waals surface area contributed by atoms with Gasteiger partial charge < -0.3 is 25.5 Å². The SMILES string of the molecule is CC1(CCCCCCCCC(=O)ON(N)c2ncccc2N)CC2=Cc3cc4c5c(c3OC2CCNc2cc(C3CCCCC3)ccc21)CCCN5CCC4. The number of nitrogens with one attached hydrogen (secondary N) is 1. The van der Waals surface area contributed by atoms with Crippen molar-refractivity contribution in [2.45, 2.75) is 146 Å². The van der Waals surface area contributed by atoms with Gasteiger partial charge in [0.2, 0.25) is 5.82 Å². The van der Waals surface area contributed by atoms with Crippen molar-refractivity contribution in [1.82, 2.24) is 4.98 Å². The quantitative estimate of drug-likeness (QED) is 0.0946. The number of rotatable bonds is 12. The number of unbranched alkanes of at least 4 members (excludes halogenated alkanes) is 5. The van der Waals surface area contributed by atoms with Crippen molar-refractivity contribution in [3.05, 3.63) is 76.0 Å². The number of benzene rings is 2. The molecule has 0 radical (unpaired) electrons. The first-order chi connectivity index (χ1) is 26.9. The molecule has 9 heteroatoms. The number of nitrogens with zero attached hydrogens (tertiary/aromatic N) is 3. The minimum absolute atomic E-state index is 0.0170. The molecule has 0 amide bonds. The molecule has 1 saturated carbocycles. The van der Waals surface area contributed by atoms with Crippen molar-refractivity contribution in [3.63, 3.8) is 0 Å². The second-order valence-corrected chi connectivity index (χ2v) is 17.2. The highest BCUT2D eigenvalue weighted by atomic mass is 16.7. The van der Waals surface area contributed by atoms with E-state index in [9.17, 15) is 4.79 Å². The molecule has 5 aliphatic rings. The van der Waals surface area contributed by atoms with Gasteiger partial charge in [0.05, 0.1) is 5.69 Å². The number of hydrazine groups is 1. The molecule has 1 aromatic heterocycles. The Hall–Kier alpha value is -4.24. The highest BCUT2D eigenvalue weighted by Gasteiger charge is 2.38. The van der Waals surface area contributed by atoms with E-state index in [-0.39, 0.29) is 23.3 Å². The molecule has 2 unspecified atom stereocenters. The zero-order chi connectivity index (χ0) is 37.8. The molecule has 55 heavy (non-hydrogen) atoms. The number of nitrogens with two attached hydrogens (primary N) is 2. The molecule has 5 heterocycles. The maximum Gasteiger partial charge on any atom is 0.334 e. The molecule has 294 valence electrons. The Bertz CT molecular complexity index is 1870. The second-order valence-electron chi connectivity index (χ2n) is 17.2. The number of carbonyl (C=O) groups is 1. The van der Waals surface area contributed by atoms with Crippen LogP contribution in [0.1, 0.15) is 150 Å². The van der Waals surface area contributed by atoms with Crippen molar-refractivity contribution in [1.29, 1.82) is 0 Å². The van der Waals surface area contributed by atoms with Crippen LogP contribution in [0.25, 0.3) is 6.08 Å². The Labute approximate surface area is 328 Å². The summed E-state index contributed by atoms with van der Waals surface area (Å²) in [5, 5.41) is 4.85. The van der Waals surface area contributed by atoms with Gasteiger partial charge in [-0.15, -0.1) is 5.17 Å². The number of carbonyl (C=O) groups excluding carboxylic acids is 1. The van der Waals surface area contributed by atoms with E-state index in [1.807, 2.05) is 0 Å². The lowest BCUT2D eigenvalue weighted by atomic mass is 9.71. The normalized spacial score (nSPS) is 21.9. The third kappa shape index (κ3) is 8.33. The summed E-state index contributed by atoms with van der Waals surface area (Å²) in [6, 6.07) is 13.3. The predicted octanol–water partition coefficient (Wildman–Crippen LogP) is 9.68. The highest BCUT2D eigenvalue weighted by molar-refractivity contribution is 5.77. The third-order valence-corrected chi connectivity index (χ3v) is 13.2. The van der Waals surface area contributed by atoms with Crippen molar-refractivity contribution in [2.24, 2.45) is 5.84 Å². The lowest BCUT2D eigenvalue weighted by Crippen LogP contribution is -2.36. The topological polar surface area (TPSA) is 119 Å². The van der Waals surface area contributed by atoms with Crippen LogP contribution in [0.2, 0.25) is 0 Å². The van der Waals surface area contributed by atoms with Crippen LogP contribution in [0, 0.1) is 0 Å². The second kappa shape index (κ2) is 16.9. The summed E-state index contributed by atoms with van der Waals surface area (Å²) in [6.07, 6.45) is 25.4. The molecular weight excluding hydrogens is 685 g/mol. The van der Waals surface area contributed by atoms with E-state index in [0.717, 1.165) is 63.1 Å². The van der Waals surface area contributed by atoms with Gasteiger partial charge in [0.15, 0.2) is 0 Å². The minimum atomic E-state index is -0.372. The monoisotopic (exact) mass is 746 g/mol. The average Bonchev–Trinajstić information content (AvgIpc) is 3.25. The molecule has 1 fully saturated rings. The molecule has 9 nitrogen and oxygen atoms in total. The van der Waals surface area contributed by atoms with E-state index in [4.69, 9.17) is 21.2 Å². The van der Waals surface area contributed by atoms with E-state index in [0.29, 0.717) is 18.0 Å². The fourth-order valence-electron chi connectivity index (χ4n) is 10.3. The standard InChI is InChI=1S/C46H62N6O3/c1-46(23-10-5-3-2-4-9-19-42(53)55-52(48)45-39(47)18-11-24-50-45)31-36-29-35-28-34-16-12-26-51-27-13-17-37(43(34)51)44(35)54-41(36)22-25-49-40-30-33(20-21-38(40)46)32-14-7-6-8-15-32/h11,18,20-21,24,28-30,32,41,49H,2-10,12-17,19,22-23,25-27,31,47-48H2,1H3. The molecule has 2 atom stereocenters. The van der Waals surface area contributed by atoms with Gasteiger partial charge in [0.1, 0.15) is 11.9 Å². The molecule has 2 aromatic carbocycles. The Morgan fingerprint density at radius 3 is 2.64 bits per heavy atom. The lowest BCUT2D eigenvalue weighted by Gasteiger charge is -2.40. The molecule has 3 aromatic rings. The molecule has 1 aliphatic carbocycles. The van der Waals surface area contributed by atoms with E-state index in [1.165, 1.54) is 128 Å². The fraction of sp³-hybridized carbons (Fsp3) is 0.565. The Balaban J connectivity index is 0.944. The Morgan fingerprint density at radius 2 is 1.80 bits per heavy atom. The van der Waals surface area contributed by atoms with Crippen LogP contribution >= 0.6 is 0 Å². The summed E-state index contributed by atoms with van der Waals surface area (Å²) in [6.45, 7) is 5.79. The van der Waals surface area contributed by atoms with Crippen LogP contribution in [0.3, 0.4) is 0 Å². The van der Waals surface area contributed by atoms with Crippen molar-refractivity contribution < 1.29 is 14.4 Å². The van der Waals surface area contributed by atoms with Crippen LogP contribution in [-0.2, 0) is 27.9 Å². The Morgan fingerprint density at radius 1 is 1.00 bits per heavy atom. The molecule has 0 saturated heterocycles. The van der Waals surface area contributed by atoms with E-state index in [1.54, 1.807) is 18.3 Å². The van der Waals surface area contributed by atoms with Gasteiger partial charge in [-0.2, -0.15) is 0 Å². The first-order valence-electron chi connectivity index (χ1n) is 21.5. The molecule has 5 N–H and O–H groups in total. The summed E-state index contributed by atoms with van der Waals surface area (Å²) in [5.74, 6) is 7.60. The van der Waals surface area contributed by atoms with Crippen LogP contribution in [0.15, 0.2) is 48.2 Å². The van der Waals surface area contributed by atoms with Gasteiger partial charge in [-0.3, -0.25) is 0 Å². The highest BCUT2D eigenvalue weighted by Crippen LogP contribution is 2.49. The van der Waals surface area contributed by atoms with Crippen LogP contribution < -0.4 is 31.7 Å². The summed E-state index contributed by atoms with van der Waals surface area (Å²) < 4.78 is 7.17. The van der Waals surface area contributed by atoms with Crippen LogP contribution in [0.4, 0.5) is 22.9 Å². The fourth-order valence-corrected chi connectivity index (χ4v) is 10.3. The maximum absolute atomic E-state index is 12.4. The van der Waals surface area contributed by atoms with Gasteiger partial charge >= 0.3 is 5.97 Å². The van der Waals surface area contributed by atoms with Crippen LogP contribution in [0.5, 0.6) is 5.75 Å². The predicted molar refractivity (Wildman–Crippen MR) is 223 cm³/mol. The molecule has 0 bridgehead atoms. The van der Waals surface area contributed by atoms with Gasteiger partial charge in [-0.25, -0.2) is 15.6 Å². The van der Waals surface area contributed by atoms with E-state index >= 15 is 0 Å². The van der Waals surface area contributed by atoms with Crippen molar-refractivity contribution >= 4 is 34.9 Å². The number of aryl methyl sites for hydroxylation is 1. The molecular formula is C46H62N6O3. The number of ether oxygens (including phenoxy) is 1. The number of anilines is 4. The number of hydrogen-bond donors (Lipinski definition) is 3. The van der Waals surface area contributed by atoms with E-state index < -0.39 is 0 Å². The number of aromatic nitrogens is 1. The van der Waals surface area contributed by atoms with Gasteiger partial charge in [-0.05, 0) is 122 Å². The van der Waals surface area contributed by atoms with Crippen LogP contribution in [-0.4, -0.2) is 36.7 Å². The van der Waals surface area contributed by atoms with Gasteiger partial charge in [0.25, 0.3) is 0 Å². The van der Waals surface area contributed by atoms with Crippen molar-refractivity contribution in [3.8, 4) is 5.75 Å². The first-order valence-corrected chi connectivity index (χ1v) is 21.5. The zero-order valence-electron chi connectivity index (χ0n) is 33.1. The first kappa shape index (κ1) is 37.7. The number of fused-ring (bicyclic) bond motifs is 4. The Kier molecular flexibility index (Phi) is 11.6. The van der Waals surface area contributed by atoms with Crippen molar-refractivity contribution in [2.75, 3.05) is 40.8 Å². The summed E-state index contributed by atoms with van der Waals surface area (Å²) >= 11 is 0. The number of pyridine rings is 1. The average molecular weight is 747 g/mol. The number of hydrogen-bond acceptors (Lipinski definition) is 9. The summed E-state index contributed by atoms with van der Waals surface area (Å²) in [4.78, 5) is 24.4. The third-order valence-electron chi connectivity index (χ3n) is 13.2. The molecule has 0 spiro atoms. The maximum atomic E-state index is 12.4. The summed E-state index contributed by atoms with van der Waals surface area (Å²) in [7, 11) is 0. The minimum Gasteiger partial charge on any atom is -0.485 e. The van der Waals surface area contributed by atoms with Gasteiger partial charge in [0, 0.05) is 61.2 Å².